The van der Waals surface area contributed by atoms with Gasteiger partial charge in [-0.1, -0.05) is 18.7 Å². The normalized spacial score (nSPS) is 10.6. The molecule has 0 spiro atoms. The van der Waals surface area contributed by atoms with E-state index in [0.29, 0.717) is 28.0 Å². The molecule has 1 aromatic heterocycles. The molecule has 18 heavy (non-hydrogen) atoms. The maximum absolute atomic E-state index is 13.1. The zero-order valence-corrected chi connectivity index (χ0v) is 10.5. The molecule has 94 valence electrons. The van der Waals surface area contributed by atoms with Gasteiger partial charge in [0.25, 0.3) is 0 Å². The molecule has 2 rings (SSSR count). The Bertz CT molecular complexity index is 575. The molecular weight excluding hydrogens is 256 g/mol. The van der Waals surface area contributed by atoms with Crippen LogP contribution in [-0.2, 0) is 6.42 Å². The van der Waals surface area contributed by atoms with Crippen LogP contribution < -0.4 is 5.73 Å². The van der Waals surface area contributed by atoms with Crippen molar-refractivity contribution >= 4 is 17.6 Å². The van der Waals surface area contributed by atoms with E-state index in [1.165, 1.54) is 17.8 Å². The summed E-state index contributed by atoms with van der Waals surface area (Å²) in [4.78, 5) is 8.86. The number of nitrogen functional groups attached to an aromatic ring is 1. The molecule has 1 aromatic carbocycles. The van der Waals surface area contributed by atoms with Crippen molar-refractivity contribution < 1.29 is 8.78 Å². The lowest BCUT2D eigenvalue weighted by Gasteiger charge is -2.04. The molecule has 0 unspecified atom stereocenters. The van der Waals surface area contributed by atoms with Crippen molar-refractivity contribution in [3.8, 4) is 0 Å². The number of aromatic nitrogens is 2. The van der Waals surface area contributed by atoms with Crippen LogP contribution >= 0.6 is 11.8 Å². The second-order valence-electron chi connectivity index (χ2n) is 3.58. The molecule has 0 saturated heterocycles. The zero-order valence-electron chi connectivity index (χ0n) is 9.65. The van der Waals surface area contributed by atoms with Crippen LogP contribution in [-0.4, -0.2) is 9.97 Å². The minimum Gasteiger partial charge on any atom is -0.384 e. The average molecular weight is 267 g/mol. The number of halogens is 2. The van der Waals surface area contributed by atoms with Crippen LogP contribution in [0.5, 0.6) is 0 Å². The highest BCUT2D eigenvalue weighted by Gasteiger charge is 2.07. The first-order valence-electron chi connectivity index (χ1n) is 5.35. The predicted molar refractivity (Wildman–Crippen MR) is 66.3 cm³/mol. The Morgan fingerprint density at radius 2 is 1.94 bits per heavy atom. The second kappa shape index (κ2) is 5.30. The smallest absolute Gasteiger partial charge is 0.159 e. The number of benzene rings is 1. The second-order valence-corrected chi connectivity index (χ2v) is 4.67. The van der Waals surface area contributed by atoms with Crippen LogP contribution in [0.4, 0.5) is 14.6 Å². The zero-order chi connectivity index (χ0) is 13.1. The molecule has 0 saturated carbocycles. The van der Waals surface area contributed by atoms with Gasteiger partial charge in [0.1, 0.15) is 16.7 Å². The lowest BCUT2D eigenvalue weighted by molar-refractivity contribution is 0.506. The highest BCUT2D eigenvalue weighted by Crippen LogP contribution is 2.28. The average Bonchev–Trinajstić information content (AvgIpc) is 2.33. The van der Waals surface area contributed by atoms with Gasteiger partial charge in [0, 0.05) is 17.4 Å². The van der Waals surface area contributed by atoms with E-state index in [1.807, 2.05) is 6.92 Å². The van der Waals surface area contributed by atoms with E-state index in [9.17, 15) is 8.78 Å². The van der Waals surface area contributed by atoms with E-state index in [4.69, 9.17) is 5.73 Å². The number of rotatable bonds is 3. The van der Waals surface area contributed by atoms with Gasteiger partial charge in [-0.05, 0) is 18.2 Å². The molecule has 3 nitrogen and oxygen atoms in total. The molecule has 2 aromatic rings. The van der Waals surface area contributed by atoms with Crippen molar-refractivity contribution in [1.29, 1.82) is 0 Å². The SMILES string of the molecule is CCc1nc(N)cc(Sc2ccc(F)c(F)c2)n1. The largest absolute Gasteiger partial charge is 0.384 e. The molecule has 0 aliphatic rings. The lowest BCUT2D eigenvalue weighted by atomic mass is 10.3. The Balaban J connectivity index is 2.27. The highest BCUT2D eigenvalue weighted by atomic mass is 32.2. The Labute approximate surface area is 107 Å². The highest BCUT2D eigenvalue weighted by molar-refractivity contribution is 7.99. The van der Waals surface area contributed by atoms with Gasteiger partial charge >= 0.3 is 0 Å². The Morgan fingerprint density at radius 1 is 1.17 bits per heavy atom. The molecule has 0 atom stereocenters. The fourth-order valence-corrected chi connectivity index (χ4v) is 2.23. The Kier molecular flexibility index (Phi) is 3.76. The predicted octanol–water partition coefficient (Wildman–Crippen LogP) is 3.05. The quantitative estimate of drug-likeness (QED) is 0.868. The van der Waals surface area contributed by atoms with Gasteiger partial charge in [0.2, 0.25) is 0 Å². The summed E-state index contributed by atoms with van der Waals surface area (Å²) in [5, 5.41) is 0.616. The summed E-state index contributed by atoms with van der Waals surface area (Å²) in [5.74, 6) is -0.749. The minimum absolute atomic E-state index is 0.368. The number of nitrogens with two attached hydrogens (primary N) is 1. The van der Waals surface area contributed by atoms with E-state index in [2.05, 4.69) is 9.97 Å². The molecular formula is C12H11F2N3S. The van der Waals surface area contributed by atoms with Gasteiger partial charge in [0.05, 0.1) is 0 Å². The summed E-state index contributed by atoms with van der Waals surface area (Å²) >= 11 is 1.22. The van der Waals surface area contributed by atoms with Crippen molar-refractivity contribution in [1.82, 2.24) is 9.97 Å². The fourth-order valence-electron chi connectivity index (χ4n) is 1.36. The summed E-state index contributed by atoms with van der Waals surface area (Å²) in [7, 11) is 0. The number of aryl methyl sites for hydroxylation is 1. The van der Waals surface area contributed by atoms with Crippen LogP contribution in [0.15, 0.2) is 34.2 Å². The van der Waals surface area contributed by atoms with Gasteiger partial charge in [-0.2, -0.15) is 0 Å². The van der Waals surface area contributed by atoms with Crippen molar-refractivity contribution in [3.05, 3.63) is 41.7 Å². The number of hydrogen-bond donors (Lipinski definition) is 1. The molecule has 1 heterocycles. The first-order valence-corrected chi connectivity index (χ1v) is 6.16. The summed E-state index contributed by atoms with van der Waals surface area (Å²) < 4.78 is 25.9. The van der Waals surface area contributed by atoms with E-state index < -0.39 is 11.6 Å². The van der Waals surface area contributed by atoms with Crippen molar-refractivity contribution in [2.24, 2.45) is 0 Å². The Morgan fingerprint density at radius 3 is 2.61 bits per heavy atom. The van der Waals surface area contributed by atoms with E-state index >= 15 is 0 Å². The maximum atomic E-state index is 13.1. The van der Waals surface area contributed by atoms with Crippen LogP contribution in [0.25, 0.3) is 0 Å². The summed E-state index contributed by atoms with van der Waals surface area (Å²) in [6, 6.07) is 5.31. The topological polar surface area (TPSA) is 51.8 Å². The molecule has 0 aliphatic heterocycles. The van der Waals surface area contributed by atoms with E-state index in [0.717, 1.165) is 12.1 Å². The standard InChI is InChI=1S/C12H11F2N3S/c1-2-11-16-10(15)6-12(17-11)18-7-3-4-8(13)9(14)5-7/h3-6H,2H2,1H3,(H2,15,16,17). The third kappa shape index (κ3) is 2.95. The molecule has 2 N–H and O–H groups in total. The summed E-state index contributed by atoms with van der Waals surface area (Å²) in [6.07, 6.45) is 0.663. The minimum atomic E-state index is -0.877. The van der Waals surface area contributed by atoms with Gasteiger partial charge in [-0.15, -0.1) is 0 Å². The molecule has 6 heteroatoms. The molecule has 0 aliphatic carbocycles. The fraction of sp³-hybridized carbons (Fsp3) is 0.167. The third-order valence-electron chi connectivity index (χ3n) is 2.20. The van der Waals surface area contributed by atoms with E-state index in [-0.39, 0.29) is 0 Å². The van der Waals surface area contributed by atoms with Gasteiger partial charge in [-0.3, -0.25) is 0 Å². The first-order chi connectivity index (χ1) is 8.58. The number of nitrogens with zero attached hydrogens (tertiary/aromatic N) is 2. The van der Waals surface area contributed by atoms with Crippen molar-refractivity contribution in [3.63, 3.8) is 0 Å². The van der Waals surface area contributed by atoms with Gasteiger partial charge in [-0.25, -0.2) is 18.7 Å². The van der Waals surface area contributed by atoms with Crippen LogP contribution in [0, 0.1) is 11.6 Å². The molecule has 0 amide bonds. The van der Waals surface area contributed by atoms with Gasteiger partial charge in [0.15, 0.2) is 11.6 Å². The van der Waals surface area contributed by atoms with Crippen LogP contribution in [0.1, 0.15) is 12.7 Å². The van der Waals surface area contributed by atoms with Crippen molar-refractivity contribution in [2.45, 2.75) is 23.3 Å². The molecule has 0 radical (unpaired) electrons. The molecule has 0 fully saturated rings. The van der Waals surface area contributed by atoms with E-state index in [1.54, 1.807) is 6.07 Å². The van der Waals surface area contributed by atoms with Crippen LogP contribution in [0.3, 0.4) is 0 Å². The summed E-state index contributed by atoms with van der Waals surface area (Å²) in [6.45, 7) is 1.92. The first kappa shape index (κ1) is 12.8. The van der Waals surface area contributed by atoms with Crippen molar-refractivity contribution in [2.75, 3.05) is 5.73 Å². The summed E-state index contributed by atoms with van der Waals surface area (Å²) in [5.41, 5.74) is 5.64. The number of hydrogen-bond acceptors (Lipinski definition) is 4. The molecule has 0 bridgehead atoms. The lowest BCUT2D eigenvalue weighted by Crippen LogP contribution is -1.99. The third-order valence-corrected chi connectivity index (χ3v) is 3.11. The maximum Gasteiger partial charge on any atom is 0.159 e. The Hall–Kier alpha value is -1.69. The van der Waals surface area contributed by atoms with Gasteiger partial charge < -0.3 is 5.73 Å². The number of anilines is 1. The monoisotopic (exact) mass is 267 g/mol. The van der Waals surface area contributed by atoms with Crippen LogP contribution in [0.2, 0.25) is 0 Å².